The number of nitro benzene ring substituents is 1. The third kappa shape index (κ3) is 6.16. The number of carbonyl (C=O) groups is 2. The molecule has 0 aliphatic heterocycles. The zero-order chi connectivity index (χ0) is 18.2. The van der Waals surface area contributed by atoms with Gasteiger partial charge in [-0.2, -0.15) is 0 Å². The summed E-state index contributed by atoms with van der Waals surface area (Å²) in [4.78, 5) is 34.3. The van der Waals surface area contributed by atoms with Crippen molar-refractivity contribution in [2.24, 2.45) is 0 Å². The number of esters is 1. The Bertz CT molecular complexity index is 767. The molecule has 1 heterocycles. The minimum atomic E-state index is -0.822. The second kappa shape index (κ2) is 9.14. The van der Waals surface area contributed by atoms with E-state index in [2.05, 4.69) is 5.32 Å². The summed E-state index contributed by atoms with van der Waals surface area (Å²) in [5.74, 6) is -1.43. The average molecular weight is 384 g/mol. The molecule has 2 aromatic rings. The van der Waals surface area contributed by atoms with Crippen LogP contribution < -0.4 is 5.32 Å². The maximum Gasteiger partial charge on any atom is 0.316 e. The topological polar surface area (TPSA) is 98.5 Å². The van der Waals surface area contributed by atoms with Gasteiger partial charge in [0.15, 0.2) is 6.61 Å². The second-order valence-corrected chi connectivity index (χ2v) is 6.72. The Balaban J connectivity index is 1.75. The maximum atomic E-state index is 13.5. The Labute approximate surface area is 150 Å². The van der Waals surface area contributed by atoms with Crippen LogP contribution >= 0.6 is 23.1 Å². The zero-order valence-electron chi connectivity index (χ0n) is 12.8. The number of hydrogen-bond donors (Lipinski definition) is 1. The number of thiophene rings is 1. The predicted octanol–water partition coefficient (Wildman–Crippen LogP) is 3.21. The molecule has 0 bridgehead atoms. The number of halogens is 1. The van der Waals surface area contributed by atoms with E-state index in [-0.39, 0.29) is 17.1 Å². The Morgan fingerprint density at radius 1 is 1.36 bits per heavy atom. The first-order valence-corrected chi connectivity index (χ1v) is 8.98. The molecule has 0 saturated heterocycles. The van der Waals surface area contributed by atoms with Crippen LogP contribution in [0.2, 0.25) is 0 Å². The standard InChI is InChI=1S/C15H13FN2O5S2/c16-12-4-3-10(18(21)22)6-13(12)17-14(19)7-23-15(20)9-24-8-11-2-1-5-25-11/h1-6H,7-9H2,(H,17,19). The SMILES string of the molecule is O=C(COC(=O)CSCc1cccs1)Nc1cc([N+](=O)[O-])ccc1F. The molecule has 1 amide bonds. The summed E-state index contributed by atoms with van der Waals surface area (Å²) in [6, 6.07) is 6.61. The second-order valence-electron chi connectivity index (χ2n) is 4.70. The van der Waals surface area contributed by atoms with Gasteiger partial charge >= 0.3 is 5.97 Å². The highest BCUT2D eigenvalue weighted by molar-refractivity contribution is 7.99. The lowest BCUT2D eigenvalue weighted by Gasteiger charge is -2.07. The van der Waals surface area contributed by atoms with Crippen LogP contribution in [0.15, 0.2) is 35.7 Å². The predicted molar refractivity (Wildman–Crippen MR) is 93.1 cm³/mol. The number of nitro groups is 1. The smallest absolute Gasteiger partial charge is 0.316 e. The molecule has 0 aliphatic carbocycles. The van der Waals surface area contributed by atoms with E-state index in [1.54, 1.807) is 11.3 Å². The first kappa shape index (κ1) is 18.9. The number of nitrogens with one attached hydrogen (secondary N) is 1. The van der Waals surface area contributed by atoms with E-state index in [0.717, 1.165) is 23.1 Å². The van der Waals surface area contributed by atoms with E-state index < -0.39 is 29.2 Å². The van der Waals surface area contributed by atoms with Crippen molar-refractivity contribution >= 4 is 46.3 Å². The summed E-state index contributed by atoms with van der Waals surface area (Å²) >= 11 is 2.93. The van der Waals surface area contributed by atoms with Crippen LogP contribution in [0.5, 0.6) is 0 Å². The number of amides is 1. The first-order valence-electron chi connectivity index (χ1n) is 6.95. The van der Waals surface area contributed by atoms with Crippen LogP contribution in [0.1, 0.15) is 4.88 Å². The van der Waals surface area contributed by atoms with Gasteiger partial charge in [-0.25, -0.2) is 4.39 Å². The van der Waals surface area contributed by atoms with Crippen molar-refractivity contribution in [2.45, 2.75) is 5.75 Å². The van der Waals surface area contributed by atoms with Gasteiger partial charge in [0, 0.05) is 22.8 Å². The lowest BCUT2D eigenvalue weighted by atomic mass is 10.2. The van der Waals surface area contributed by atoms with Gasteiger partial charge in [0.05, 0.1) is 16.4 Å². The number of nitrogens with zero attached hydrogens (tertiary/aromatic N) is 1. The summed E-state index contributed by atoms with van der Waals surface area (Å²) in [6.07, 6.45) is 0. The van der Waals surface area contributed by atoms with Crippen molar-refractivity contribution in [3.05, 3.63) is 56.5 Å². The molecule has 25 heavy (non-hydrogen) atoms. The molecule has 132 valence electrons. The molecule has 7 nitrogen and oxygen atoms in total. The highest BCUT2D eigenvalue weighted by Crippen LogP contribution is 2.21. The highest BCUT2D eigenvalue weighted by atomic mass is 32.2. The van der Waals surface area contributed by atoms with E-state index in [4.69, 9.17) is 4.74 Å². The number of rotatable bonds is 8. The van der Waals surface area contributed by atoms with Crippen molar-refractivity contribution < 1.29 is 23.6 Å². The quantitative estimate of drug-likeness (QED) is 0.426. The van der Waals surface area contributed by atoms with Crippen LogP contribution in [0.3, 0.4) is 0 Å². The molecular weight excluding hydrogens is 371 g/mol. The monoisotopic (exact) mass is 384 g/mol. The minimum absolute atomic E-state index is 0.0797. The van der Waals surface area contributed by atoms with E-state index >= 15 is 0 Å². The molecule has 0 unspecified atom stereocenters. The van der Waals surface area contributed by atoms with Gasteiger partial charge in [-0.3, -0.25) is 19.7 Å². The van der Waals surface area contributed by atoms with Crippen LogP contribution in [-0.2, 0) is 20.1 Å². The van der Waals surface area contributed by atoms with Crippen LogP contribution in [-0.4, -0.2) is 29.2 Å². The van der Waals surface area contributed by atoms with Crippen LogP contribution in [0.25, 0.3) is 0 Å². The van der Waals surface area contributed by atoms with Crippen LogP contribution in [0.4, 0.5) is 15.8 Å². The molecule has 0 saturated carbocycles. The number of ether oxygens (including phenoxy) is 1. The molecule has 0 fully saturated rings. The van der Waals surface area contributed by atoms with Gasteiger partial charge < -0.3 is 10.1 Å². The van der Waals surface area contributed by atoms with Crippen molar-refractivity contribution in [3.63, 3.8) is 0 Å². The van der Waals surface area contributed by atoms with Gasteiger partial charge in [0.2, 0.25) is 0 Å². The lowest BCUT2D eigenvalue weighted by molar-refractivity contribution is -0.384. The normalized spacial score (nSPS) is 10.3. The van der Waals surface area contributed by atoms with Crippen molar-refractivity contribution in [1.82, 2.24) is 0 Å². The van der Waals surface area contributed by atoms with Crippen molar-refractivity contribution in [1.29, 1.82) is 0 Å². The molecule has 0 aliphatic rings. The number of carbonyl (C=O) groups excluding carboxylic acids is 2. The molecule has 0 spiro atoms. The maximum absolute atomic E-state index is 13.5. The van der Waals surface area contributed by atoms with Gasteiger partial charge in [-0.1, -0.05) is 6.07 Å². The lowest BCUT2D eigenvalue weighted by Crippen LogP contribution is -2.22. The Morgan fingerprint density at radius 2 is 2.16 bits per heavy atom. The van der Waals surface area contributed by atoms with E-state index in [9.17, 15) is 24.1 Å². The van der Waals surface area contributed by atoms with Crippen LogP contribution in [0, 0.1) is 15.9 Å². The number of anilines is 1. The highest BCUT2D eigenvalue weighted by Gasteiger charge is 2.14. The molecular formula is C15H13FN2O5S2. The van der Waals surface area contributed by atoms with Crippen molar-refractivity contribution in [3.8, 4) is 0 Å². The number of benzene rings is 1. The summed E-state index contributed by atoms with van der Waals surface area (Å²) in [5, 5.41) is 14.7. The first-order chi connectivity index (χ1) is 12.0. The minimum Gasteiger partial charge on any atom is -0.455 e. The fourth-order valence-corrected chi connectivity index (χ4v) is 3.39. The number of non-ortho nitro benzene ring substituents is 1. The number of hydrogen-bond acceptors (Lipinski definition) is 7. The molecule has 1 N–H and O–H groups in total. The van der Waals surface area contributed by atoms with E-state index in [1.807, 2.05) is 17.5 Å². The molecule has 10 heteroatoms. The molecule has 0 radical (unpaired) electrons. The van der Waals surface area contributed by atoms with Gasteiger partial charge in [0.25, 0.3) is 11.6 Å². The fraction of sp³-hybridized carbons (Fsp3) is 0.200. The Hall–Kier alpha value is -2.46. The third-order valence-corrected chi connectivity index (χ3v) is 4.86. The average Bonchev–Trinajstić information content (AvgIpc) is 3.08. The summed E-state index contributed by atoms with van der Waals surface area (Å²) < 4.78 is 18.3. The Kier molecular flexibility index (Phi) is 6.90. The fourth-order valence-electron chi connectivity index (χ4n) is 1.73. The zero-order valence-corrected chi connectivity index (χ0v) is 14.4. The van der Waals surface area contributed by atoms with Crippen molar-refractivity contribution in [2.75, 3.05) is 17.7 Å². The molecule has 1 aromatic carbocycles. The summed E-state index contributed by atoms with van der Waals surface area (Å²) in [7, 11) is 0. The largest absolute Gasteiger partial charge is 0.455 e. The van der Waals surface area contributed by atoms with Gasteiger partial charge in [0.1, 0.15) is 5.82 Å². The third-order valence-electron chi connectivity index (χ3n) is 2.84. The summed E-state index contributed by atoms with van der Waals surface area (Å²) in [6.45, 7) is -0.597. The van der Waals surface area contributed by atoms with E-state index in [0.29, 0.717) is 5.75 Å². The van der Waals surface area contributed by atoms with E-state index in [1.165, 1.54) is 11.8 Å². The number of thioether (sulfide) groups is 1. The Morgan fingerprint density at radius 3 is 2.84 bits per heavy atom. The van der Waals surface area contributed by atoms with Gasteiger partial charge in [-0.15, -0.1) is 23.1 Å². The molecule has 1 aromatic heterocycles. The molecule has 2 rings (SSSR count). The molecule has 0 atom stereocenters. The van der Waals surface area contributed by atoms with Gasteiger partial charge in [-0.05, 0) is 17.5 Å². The summed E-state index contributed by atoms with van der Waals surface area (Å²) in [5.41, 5.74) is -0.707.